The van der Waals surface area contributed by atoms with Crippen LogP contribution in [0.3, 0.4) is 0 Å². The maximum absolute atomic E-state index is 12.1. The number of carbonyl (C=O) groups is 1. The van der Waals surface area contributed by atoms with Crippen molar-refractivity contribution in [2.45, 2.75) is 18.9 Å². The number of carbonyl (C=O) groups excluding carboxylic acids is 1. The summed E-state index contributed by atoms with van der Waals surface area (Å²) in [6.45, 7) is 0.681. The molecule has 1 atom stereocenters. The summed E-state index contributed by atoms with van der Waals surface area (Å²) in [6.07, 6.45) is 1.65. The van der Waals surface area contributed by atoms with E-state index >= 15 is 0 Å². The van der Waals surface area contributed by atoms with Gasteiger partial charge in [0.15, 0.2) is 0 Å². The molecule has 0 fully saturated rings. The number of rotatable bonds is 4. The van der Waals surface area contributed by atoms with Gasteiger partial charge in [-0.05, 0) is 46.1 Å². The summed E-state index contributed by atoms with van der Waals surface area (Å²) in [6, 6.07) is 12.1. The molecular formula is C15H15BrN2OS. The second-order valence-corrected chi connectivity index (χ2v) is 7.35. The van der Waals surface area contributed by atoms with E-state index in [1.807, 2.05) is 24.3 Å². The fourth-order valence-corrected chi connectivity index (χ4v) is 3.86. The van der Waals surface area contributed by atoms with E-state index in [1.165, 1.54) is 10.4 Å². The molecule has 1 aliphatic rings. The van der Waals surface area contributed by atoms with Gasteiger partial charge < -0.3 is 10.6 Å². The van der Waals surface area contributed by atoms with Gasteiger partial charge >= 0.3 is 0 Å². The number of amides is 1. The van der Waals surface area contributed by atoms with Gasteiger partial charge in [-0.15, -0.1) is 11.3 Å². The zero-order valence-electron chi connectivity index (χ0n) is 10.9. The first-order valence-corrected chi connectivity index (χ1v) is 8.20. The summed E-state index contributed by atoms with van der Waals surface area (Å²) in [5.41, 5.74) is 2.30. The van der Waals surface area contributed by atoms with E-state index < -0.39 is 0 Å². The molecule has 0 saturated heterocycles. The molecule has 0 radical (unpaired) electrons. The lowest BCUT2D eigenvalue weighted by Crippen LogP contribution is -2.39. The Hall–Kier alpha value is -1.33. The maximum Gasteiger partial charge on any atom is 0.242 e. The Balaban J connectivity index is 1.49. The molecule has 2 N–H and O–H groups in total. The number of para-hydroxylation sites is 1. The number of nitrogens with one attached hydrogen (secondary N) is 2. The largest absolute Gasteiger partial charge is 0.373 e. The van der Waals surface area contributed by atoms with Crippen molar-refractivity contribution in [2.75, 3.05) is 11.9 Å². The molecule has 104 valence electrons. The summed E-state index contributed by atoms with van der Waals surface area (Å²) in [5.74, 6) is 0.0804. The van der Waals surface area contributed by atoms with Crippen molar-refractivity contribution in [2.24, 2.45) is 0 Å². The molecular weight excluding hydrogens is 336 g/mol. The van der Waals surface area contributed by atoms with Crippen molar-refractivity contribution >= 4 is 38.9 Å². The van der Waals surface area contributed by atoms with Crippen LogP contribution in [0, 0.1) is 0 Å². The minimum Gasteiger partial charge on any atom is -0.373 e. The standard InChI is InChI=1S/C15H15BrN2OS/c16-14-6-5-11(20-14)7-8-17-15(19)13-9-10-3-1-2-4-12(10)18-13/h1-6,13,18H,7-9H2,(H,17,19). The second kappa shape index (κ2) is 5.97. The van der Waals surface area contributed by atoms with Crippen molar-refractivity contribution < 1.29 is 4.79 Å². The summed E-state index contributed by atoms with van der Waals surface area (Å²) in [5, 5.41) is 6.28. The molecule has 5 heteroatoms. The summed E-state index contributed by atoms with van der Waals surface area (Å²) < 4.78 is 1.13. The van der Waals surface area contributed by atoms with Gasteiger partial charge in [-0.1, -0.05) is 18.2 Å². The van der Waals surface area contributed by atoms with E-state index in [1.54, 1.807) is 11.3 Å². The molecule has 0 aliphatic carbocycles. The highest BCUT2D eigenvalue weighted by atomic mass is 79.9. The van der Waals surface area contributed by atoms with Gasteiger partial charge in [0, 0.05) is 23.5 Å². The van der Waals surface area contributed by atoms with Crippen LogP contribution < -0.4 is 10.6 Å². The van der Waals surface area contributed by atoms with Gasteiger partial charge in [-0.2, -0.15) is 0 Å². The molecule has 3 rings (SSSR count). The average Bonchev–Trinajstić information content (AvgIpc) is 3.04. The molecule has 0 spiro atoms. The molecule has 1 aromatic carbocycles. The third kappa shape index (κ3) is 3.04. The Morgan fingerprint density at radius 3 is 2.95 bits per heavy atom. The van der Waals surface area contributed by atoms with Gasteiger partial charge in [0.2, 0.25) is 5.91 Å². The van der Waals surface area contributed by atoms with Crippen LogP contribution in [0.2, 0.25) is 0 Å². The van der Waals surface area contributed by atoms with Crippen molar-refractivity contribution in [3.63, 3.8) is 0 Å². The van der Waals surface area contributed by atoms with Crippen molar-refractivity contribution in [3.05, 3.63) is 50.6 Å². The monoisotopic (exact) mass is 350 g/mol. The van der Waals surface area contributed by atoms with Crippen LogP contribution in [-0.2, 0) is 17.6 Å². The molecule has 3 nitrogen and oxygen atoms in total. The van der Waals surface area contributed by atoms with Crippen LogP contribution in [-0.4, -0.2) is 18.5 Å². The highest BCUT2D eigenvalue weighted by molar-refractivity contribution is 9.11. The lowest BCUT2D eigenvalue weighted by atomic mass is 10.1. The van der Waals surface area contributed by atoms with Crippen LogP contribution in [0.5, 0.6) is 0 Å². The Labute approximate surface area is 130 Å². The van der Waals surface area contributed by atoms with Gasteiger partial charge in [-0.25, -0.2) is 0 Å². The number of fused-ring (bicyclic) bond motifs is 1. The predicted molar refractivity (Wildman–Crippen MR) is 86.3 cm³/mol. The molecule has 1 aliphatic heterocycles. The number of benzene rings is 1. The van der Waals surface area contributed by atoms with Gasteiger partial charge in [0.25, 0.3) is 0 Å². The highest BCUT2D eigenvalue weighted by Crippen LogP contribution is 2.25. The van der Waals surface area contributed by atoms with E-state index in [-0.39, 0.29) is 11.9 Å². The van der Waals surface area contributed by atoms with Crippen molar-refractivity contribution in [3.8, 4) is 0 Å². The SMILES string of the molecule is O=C(NCCc1ccc(Br)s1)C1Cc2ccccc2N1. The zero-order valence-corrected chi connectivity index (χ0v) is 13.3. The number of thiophene rings is 1. The Morgan fingerprint density at radius 2 is 2.20 bits per heavy atom. The quantitative estimate of drug-likeness (QED) is 0.888. The minimum atomic E-state index is -0.137. The first-order chi connectivity index (χ1) is 9.72. The Morgan fingerprint density at radius 1 is 1.35 bits per heavy atom. The fourth-order valence-electron chi connectivity index (χ4n) is 2.37. The third-order valence-electron chi connectivity index (χ3n) is 3.39. The average molecular weight is 351 g/mol. The lowest BCUT2D eigenvalue weighted by molar-refractivity contribution is -0.121. The molecule has 1 aromatic heterocycles. The van der Waals surface area contributed by atoms with E-state index in [9.17, 15) is 4.79 Å². The maximum atomic E-state index is 12.1. The fraction of sp³-hybridized carbons (Fsp3) is 0.267. The summed E-state index contributed by atoms with van der Waals surface area (Å²) >= 11 is 5.16. The Kier molecular flexibility index (Phi) is 4.08. The van der Waals surface area contributed by atoms with E-state index in [4.69, 9.17) is 0 Å². The predicted octanol–water partition coefficient (Wildman–Crippen LogP) is 3.21. The normalized spacial score (nSPS) is 16.6. The molecule has 2 heterocycles. The zero-order chi connectivity index (χ0) is 13.9. The molecule has 0 saturated carbocycles. The number of anilines is 1. The van der Waals surface area contributed by atoms with Crippen LogP contribution >= 0.6 is 27.3 Å². The van der Waals surface area contributed by atoms with Gasteiger partial charge in [0.05, 0.1) is 3.79 Å². The van der Waals surface area contributed by atoms with Gasteiger partial charge in [0.1, 0.15) is 6.04 Å². The van der Waals surface area contributed by atoms with Crippen molar-refractivity contribution in [1.82, 2.24) is 5.32 Å². The Bertz CT molecular complexity index is 601. The molecule has 1 unspecified atom stereocenters. The molecule has 1 amide bonds. The highest BCUT2D eigenvalue weighted by Gasteiger charge is 2.25. The minimum absolute atomic E-state index is 0.0804. The number of halogens is 1. The first kappa shape index (κ1) is 13.6. The van der Waals surface area contributed by atoms with Crippen LogP contribution in [0.1, 0.15) is 10.4 Å². The molecule has 0 bridgehead atoms. The smallest absolute Gasteiger partial charge is 0.242 e. The molecule has 2 aromatic rings. The lowest BCUT2D eigenvalue weighted by Gasteiger charge is -2.11. The van der Waals surface area contributed by atoms with E-state index in [0.29, 0.717) is 6.54 Å². The third-order valence-corrected chi connectivity index (χ3v) is 5.07. The summed E-state index contributed by atoms with van der Waals surface area (Å²) in [4.78, 5) is 13.4. The second-order valence-electron chi connectivity index (χ2n) is 4.81. The van der Waals surface area contributed by atoms with Crippen LogP contribution in [0.4, 0.5) is 5.69 Å². The topological polar surface area (TPSA) is 41.1 Å². The molecule has 20 heavy (non-hydrogen) atoms. The van der Waals surface area contributed by atoms with Crippen LogP contribution in [0.15, 0.2) is 40.2 Å². The van der Waals surface area contributed by atoms with Crippen LogP contribution in [0.25, 0.3) is 0 Å². The van der Waals surface area contributed by atoms with Crippen molar-refractivity contribution in [1.29, 1.82) is 0 Å². The first-order valence-electron chi connectivity index (χ1n) is 6.59. The van der Waals surface area contributed by atoms with E-state index in [0.717, 1.165) is 22.3 Å². The van der Waals surface area contributed by atoms with E-state index in [2.05, 4.69) is 38.7 Å². The number of hydrogen-bond acceptors (Lipinski definition) is 3. The number of hydrogen-bond donors (Lipinski definition) is 2. The van der Waals surface area contributed by atoms with Gasteiger partial charge in [-0.3, -0.25) is 4.79 Å². The summed E-state index contributed by atoms with van der Waals surface area (Å²) in [7, 11) is 0.